The molecular formula is C20H22FNO4S. The molecule has 0 unspecified atom stereocenters. The summed E-state index contributed by atoms with van der Waals surface area (Å²) in [5.74, 6) is -0.418. The first kappa shape index (κ1) is 19.4. The molecule has 0 saturated carbocycles. The van der Waals surface area contributed by atoms with Gasteiger partial charge in [0.25, 0.3) is 5.91 Å². The summed E-state index contributed by atoms with van der Waals surface area (Å²) in [5.41, 5.74) is 0.698. The lowest BCUT2D eigenvalue weighted by Gasteiger charge is -2.29. The number of halogens is 1. The Bertz CT molecular complexity index is 929. The number of carbonyl (C=O) groups excluding carboxylic acids is 1. The Labute approximate surface area is 158 Å². The maximum Gasteiger partial charge on any atom is 0.258 e. The van der Waals surface area contributed by atoms with Crippen molar-refractivity contribution in [3.8, 4) is 5.75 Å². The largest absolute Gasteiger partial charge is 0.493 e. The molecule has 144 valence electrons. The topological polar surface area (TPSA) is 63.7 Å². The van der Waals surface area contributed by atoms with Gasteiger partial charge in [-0.3, -0.25) is 4.79 Å². The molecular weight excluding hydrogens is 369 g/mol. The number of nitrogens with zero attached hydrogens (tertiary/aromatic N) is 1. The van der Waals surface area contributed by atoms with E-state index < -0.39 is 21.7 Å². The van der Waals surface area contributed by atoms with E-state index in [1.807, 2.05) is 6.92 Å². The molecule has 1 fully saturated rings. The number of benzene rings is 2. The zero-order valence-corrected chi connectivity index (χ0v) is 15.9. The van der Waals surface area contributed by atoms with Crippen LogP contribution in [0, 0.1) is 5.82 Å². The molecule has 0 aliphatic carbocycles. The van der Waals surface area contributed by atoms with Crippen molar-refractivity contribution in [3.05, 3.63) is 65.5 Å². The third kappa shape index (κ3) is 4.47. The Balaban J connectivity index is 1.97. The molecule has 1 amide bonds. The van der Waals surface area contributed by atoms with E-state index in [1.165, 1.54) is 11.0 Å². The Hall–Kier alpha value is -2.41. The summed E-state index contributed by atoms with van der Waals surface area (Å²) < 4.78 is 43.6. The van der Waals surface area contributed by atoms with Crippen LogP contribution in [0.5, 0.6) is 5.75 Å². The number of sulfone groups is 1. The molecule has 27 heavy (non-hydrogen) atoms. The number of hydrogen-bond donors (Lipinski definition) is 0. The lowest BCUT2D eigenvalue weighted by molar-refractivity contribution is 0.0675. The first-order valence-electron chi connectivity index (χ1n) is 8.88. The Morgan fingerprint density at radius 2 is 1.89 bits per heavy atom. The number of carbonyl (C=O) groups is 1. The van der Waals surface area contributed by atoms with Gasteiger partial charge in [0.15, 0.2) is 9.84 Å². The lowest BCUT2D eigenvalue weighted by atomic mass is 10.1. The van der Waals surface area contributed by atoms with E-state index in [1.54, 1.807) is 42.5 Å². The minimum Gasteiger partial charge on any atom is -0.493 e. The smallest absolute Gasteiger partial charge is 0.258 e. The normalized spacial score (nSPS) is 18.2. The monoisotopic (exact) mass is 391 g/mol. The molecule has 1 aliphatic rings. The fourth-order valence-corrected chi connectivity index (χ4v) is 5.01. The van der Waals surface area contributed by atoms with Crippen LogP contribution >= 0.6 is 0 Å². The van der Waals surface area contributed by atoms with Crippen molar-refractivity contribution in [2.75, 3.05) is 18.1 Å². The van der Waals surface area contributed by atoms with Gasteiger partial charge in [-0.25, -0.2) is 12.8 Å². The molecule has 7 heteroatoms. The van der Waals surface area contributed by atoms with E-state index in [-0.39, 0.29) is 24.0 Å². The molecule has 2 aromatic rings. The third-order valence-corrected chi connectivity index (χ3v) is 6.38. The van der Waals surface area contributed by atoms with Crippen LogP contribution in [-0.2, 0) is 16.4 Å². The van der Waals surface area contributed by atoms with E-state index in [9.17, 15) is 17.6 Å². The summed E-state index contributed by atoms with van der Waals surface area (Å²) in [5, 5.41) is 0. The summed E-state index contributed by atoms with van der Waals surface area (Å²) in [4.78, 5) is 14.7. The zero-order chi connectivity index (χ0) is 19.4. The zero-order valence-electron chi connectivity index (χ0n) is 15.1. The number of para-hydroxylation sites is 1. The van der Waals surface area contributed by atoms with Gasteiger partial charge < -0.3 is 9.64 Å². The predicted molar refractivity (Wildman–Crippen MR) is 101 cm³/mol. The van der Waals surface area contributed by atoms with Crippen molar-refractivity contribution < 1.29 is 22.3 Å². The Morgan fingerprint density at radius 1 is 1.19 bits per heavy atom. The van der Waals surface area contributed by atoms with Crippen LogP contribution in [0.25, 0.3) is 0 Å². The number of hydrogen-bond acceptors (Lipinski definition) is 4. The van der Waals surface area contributed by atoms with Crippen LogP contribution in [0.1, 0.15) is 29.3 Å². The SMILES string of the molecule is CCOc1ccccc1C(=O)N(Cc1ccccc1F)[C@@H]1CCS(=O)(=O)C1. The second-order valence-corrected chi connectivity index (χ2v) is 8.74. The summed E-state index contributed by atoms with van der Waals surface area (Å²) in [6.45, 7) is 2.23. The summed E-state index contributed by atoms with van der Waals surface area (Å²) in [7, 11) is -3.20. The minimum absolute atomic E-state index is 0.00610. The van der Waals surface area contributed by atoms with E-state index >= 15 is 0 Å². The molecule has 0 N–H and O–H groups in total. The van der Waals surface area contributed by atoms with Crippen molar-refractivity contribution in [1.29, 1.82) is 0 Å². The van der Waals surface area contributed by atoms with Crippen molar-refractivity contribution in [2.24, 2.45) is 0 Å². The van der Waals surface area contributed by atoms with Crippen molar-refractivity contribution in [3.63, 3.8) is 0 Å². The molecule has 0 radical (unpaired) electrons. The molecule has 0 aromatic heterocycles. The molecule has 3 rings (SSSR count). The average Bonchev–Trinajstić information content (AvgIpc) is 3.01. The van der Waals surface area contributed by atoms with E-state index in [0.29, 0.717) is 29.9 Å². The first-order valence-corrected chi connectivity index (χ1v) is 10.7. The van der Waals surface area contributed by atoms with Gasteiger partial charge >= 0.3 is 0 Å². The van der Waals surface area contributed by atoms with Crippen LogP contribution in [0.15, 0.2) is 48.5 Å². The Kier molecular flexibility index (Phi) is 5.79. The fraction of sp³-hybridized carbons (Fsp3) is 0.350. The van der Waals surface area contributed by atoms with E-state index in [4.69, 9.17) is 4.74 Å². The molecule has 5 nitrogen and oxygen atoms in total. The quantitative estimate of drug-likeness (QED) is 0.759. The van der Waals surface area contributed by atoms with Gasteiger partial charge in [0.2, 0.25) is 0 Å². The van der Waals surface area contributed by atoms with E-state index in [0.717, 1.165) is 0 Å². The van der Waals surface area contributed by atoms with Crippen molar-refractivity contribution in [1.82, 2.24) is 4.90 Å². The summed E-state index contributed by atoms with van der Waals surface area (Å²) in [6.07, 6.45) is 0.347. The van der Waals surface area contributed by atoms with Crippen LogP contribution in [-0.4, -0.2) is 43.4 Å². The first-order chi connectivity index (χ1) is 12.9. The van der Waals surface area contributed by atoms with Crippen LogP contribution in [0.3, 0.4) is 0 Å². The van der Waals surface area contributed by atoms with Gasteiger partial charge in [-0.15, -0.1) is 0 Å². The maximum atomic E-state index is 14.2. The average molecular weight is 391 g/mol. The molecule has 1 atom stereocenters. The lowest BCUT2D eigenvalue weighted by Crippen LogP contribution is -2.41. The van der Waals surface area contributed by atoms with Gasteiger partial charge in [-0.05, 0) is 31.5 Å². The fourth-order valence-electron chi connectivity index (χ4n) is 3.28. The highest BCUT2D eigenvalue weighted by Gasteiger charge is 2.36. The highest BCUT2D eigenvalue weighted by atomic mass is 32.2. The Morgan fingerprint density at radius 3 is 2.56 bits per heavy atom. The second kappa shape index (κ2) is 8.08. The van der Waals surface area contributed by atoms with Crippen LogP contribution in [0.2, 0.25) is 0 Å². The van der Waals surface area contributed by atoms with Gasteiger partial charge in [-0.1, -0.05) is 30.3 Å². The second-order valence-electron chi connectivity index (χ2n) is 6.51. The summed E-state index contributed by atoms with van der Waals surface area (Å²) >= 11 is 0. The van der Waals surface area contributed by atoms with Crippen molar-refractivity contribution in [2.45, 2.75) is 25.9 Å². The van der Waals surface area contributed by atoms with E-state index in [2.05, 4.69) is 0 Å². The maximum absolute atomic E-state index is 14.2. The summed E-state index contributed by atoms with van der Waals surface area (Å²) in [6, 6.07) is 12.6. The predicted octanol–water partition coefficient (Wildman–Crippen LogP) is 3.05. The highest BCUT2D eigenvalue weighted by molar-refractivity contribution is 7.91. The number of rotatable bonds is 6. The molecule has 1 saturated heterocycles. The minimum atomic E-state index is -3.20. The molecule has 2 aromatic carbocycles. The molecule has 1 heterocycles. The third-order valence-electron chi connectivity index (χ3n) is 4.63. The van der Waals surface area contributed by atoms with Crippen LogP contribution < -0.4 is 4.74 Å². The number of ether oxygens (including phenoxy) is 1. The van der Waals surface area contributed by atoms with Gasteiger partial charge in [0.1, 0.15) is 11.6 Å². The van der Waals surface area contributed by atoms with Crippen LogP contribution in [0.4, 0.5) is 4.39 Å². The standard InChI is InChI=1S/C20H22FNO4S/c1-2-26-19-10-6-4-8-17(19)20(23)22(16-11-12-27(24,25)14-16)13-15-7-3-5-9-18(15)21/h3-10,16H,2,11-14H2,1H3/t16-/m1/s1. The van der Waals surface area contributed by atoms with Crippen molar-refractivity contribution >= 4 is 15.7 Å². The molecule has 0 bridgehead atoms. The van der Waals surface area contributed by atoms with Gasteiger partial charge in [0, 0.05) is 18.2 Å². The van der Waals surface area contributed by atoms with Gasteiger partial charge in [0.05, 0.1) is 23.7 Å². The van der Waals surface area contributed by atoms with Gasteiger partial charge in [-0.2, -0.15) is 0 Å². The highest BCUT2D eigenvalue weighted by Crippen LogP contribution is 2.26. The molecule has 0 spiro atoms. The molecule has 1 aliphatic heterocycles. The number of amides is 1.